The van der Waals surface area contributed by atoms with Gasteiger partial charge in [-0.1, -0.05) is 32.0 Å². The Kier molecular flexibility index (Phi) is 3.70. The van der Waals surface area contributed by atoms with Crippen LogP contribution in [0.5, 0.6) is 0 Å². The zero-order chi connectivity index (χ0) is 12.3. The van der Waals surface area contributed by atoms with Gasteiger partial charge in [-0.15, -0.1) is 0 Å². The molecule has 0 heterocycles. The van der Waals surface area contributed by atoms with Crippen molar-refractivity contribution < 1.29 is 18.3 Å². The summed E-state index contributed by atoms with van der Waals surface area (Å²) in [6.45, 7) is 3.74. The van der Waals surface area contributed by atoms with Crippen molar-refractivity contribution in [2.75, 3.05) is 5.75 Å². The van der Waals surface area contributed by atoms with Crippen LogP contribution in [-0.4, -0.2) is 25.2 Å². The minimum absolute atomic E-state index is 0.0415. The van der Waals surface area contributed by atoms with Crippen LogP contribution in [0.3, 0.4) is 0 Å². The van der Waals surface area contributed by atoms with Crippen molar-refractivity contribution in [3.63, 3.8) is 0 Å². The maximum Gasteiger partial charge on any atom is 0.319 e. The third-order valence-corrected chi connectivity index (χ3v) is 3.86. The predicted octanol–water partition coefficient (Wildman–Crippen LogP) is 1.67. The molecule has 0 saturated carbocycles. The fourth-order valence-corrected chi connectivity index (χ4v) is 2.91. The summed E-state index contributed by atoms with van der Waals surface area (Å²) < 4.78 is 23.6. The van der Waals surface area contributed by atoms with Gasteiger partial charge in [-0.2, -0.15) is 0 Å². The number of carboxylic acids is 1. The van der Waals surface area contributed by atoms with E-state index in [9.17, 15) is 13.2 Å². The summed E-state index contributed by atoms with van der Waals surface area (Å²) in [5.41, 5.74) is 0.656. The van der Waals surface area contributed by atoms with Gasteiger partial charge in [0.15, 0.2) is 15.6 Å². The first kappa shape index (κ1) is 12.7. The van der Waals surface area contributed by atoms with Crippen LogP contribution in [-0.2, 0) is 14.6 Å². The Bertz CT molecular complexity index is 488. The Morgan fingerprint density at radius 2 is 1.88 bits per heavy atom. The number of carboxylic acid groups (broad SMARTS) is 1. The Morgan fingerprint density at radius 1 is 1.31 bits per heavy atom. The van der Waals surface area contributed by atoms with E-state index in [4.69, 9.17) is 5.11 Å². The first-order chi connectivity index (χ1) is 7.34. The summed E-state index contributed by atoms with van der Waals surface area (Å²) in [5.74, 6) is -2.16. The maximum absolute atomic E-state index is 11.8. The molecular weight excluding hydrogens is 228 g/mol. The lowest BCUT2D eigenvalue weighted by molar-refractivity contribution is -0.134. The minimum atomic E-state index is -3.73. The van der Waals surface area contributed by atoms with E-state index in [1.807, 2.05) is 13.8 Å². The second-order valence-electron chi connectivity index (χ2n) is 3.85. The summed E-state index contributed by atoms with van der Waals surface area (Å²) in [7, 11) is -3.73. The molecule has 0 saturated heterocycles. The SMILES string of the molecule is CC(C)c1ccccc1S(=O)(=O)CC(=O)O. The molecule has 0 fully saturated rings. The summed E-state index contributed by atoms with van der Waals surface area (Å²) >= 11 is 0. The van der Waals surface area contributed by atoms with Gasteiger partial charge in [-0.3, -0.25) is 4.79 Å². The first-order valence-electron chi connectivity index (χ1n) is 4.88. The van der Waals surface area contributed by atoms with Gasteiger partial charge in [0.1, 0.15) is 0 Å². The highest BCUT2D eigenvalue weighted by Crippen LogP contribution is 2.24. The largest absolute Gasteiger partial charge is 0.480 e. The van der Waals surface area contributed by atoms with Gasteiger partial charge in [0.05, 0.1) is 4.90 Å². The van der Waals surface area contributed by atoms with Crippen LogP contribution < -0.4 is 0 Å². The molecule has 1 aromatic carbocycles. The van der Waals surface area contributed by atoms with Crippen LogP contribution in [0.1, 0.15) is 25.3 Å². The van der Waals surface area contributed by atoms with Crippen LogP contribution in [0.2, 0.25) is 0 Å². The van der Waals surface area contributed by atoms with Gasteiger partial charge in [0.2, 0.25) is 0 Å². The molecule has 0 aromatic heterocycles. The molecule has 88 valence electrons. The Balaban J connectivity index is 3.28. The number of benzene rings is 1. The fraction of sp³-hybridized carbons (Fsp3) is 0.364. The Hall–Kier alpha value is -1.36. The average Bonchev–Trinajstić information content (AvgIpc) is 2.15. The molecule has 0 aliphatic heterocycles. The van der Waals surface area contributed by atoms with Gasteiger partial charge >= 0.3 is 5.97 Å². The number of hydrogen-bond donors (Lipinski definition) is 1. The van der Waals surface area contributed by atoms with Crippen molar-refractivity contribution in [1.82, 2.24) is 0 Å². The molecule has 0 aliphatic carbocycles. The van der Waals surface area contributed by atoms with E-state index < -0.39 is 21.6 Å². The smallest absolute Gasteiger partial charge is 0.319 e. The highest BCUT2D eigenvalue weighted by molar-refractivity contribution is 7.92. The van der Waals surface area contributed by atoms with E-state index in [1.165, 1.54) is 6.07 Å². The molecule has 0 amide bonds. The number of carbonyl (C=O) groups is 1. The lowest BCUT2D eigenvalue weighted by Gasteiger charge is -2.11. The molecule has 0 radical (unpaired) electrons. The second-order valence-corrected chi connectivity index (χ2v) is 5.80. The van der Waals surface area contributed by atoms with Crippen molar-refractivity contribution in [3.05, 3.63) is 29.8 Å². The molecule has 5 heteroatoms. The van der Waals surface area contributed by atoms with Crippen LogP contribution in [0.25, 0.3) is 0 Å². The fourth-order valence-electron chi connectivity index (χ4n) is 1.48. The van der Waals surface area contributed by atoms with Gasteiger partial charge in [-0.25, -0.2) is 8.42 Å². The van der Waals surface area contributed by atoms with E-state index in [1.54, 1.807) is 18.2 Å². The van der Waals surface area contributed by atoms with Crippen molar-refractivity contribution in [2.24, 2.45) is 0 Å². The molecule has 16 heavy (non-hydrogen) atoms. The van der Waals surface area contributed by atoms with Gasteiger partial charge in [0.25, 0.3) is 0 Å². The van der Waals surface area contributed by atoms with Crippen LogP contribution in [0.15, 0.2) is 29.2 Å². The van der Waals surface area contributed by atoms with Crippen molar-refractivity contribution in [1.29, 1.82) is 0 Å². The van der Waals surface area contributed by atoms with Gasteiger partial charge in [0, 0.05) is 0 Å². The number of rotatable bonds is 4. The highest BCUT2D eigenvalue weighted by Gasteiger charge is 2.22. The molecule has 4 nitrogen and oxygen atoms in total. The number of hydrogen-bond acceptors (Lipinski definition) is 3. The first-order valence-corrected chi connectivity index (χ1v) is 6.53. The molecule has 0 atom stereocenters. The zero-order valence-corrected chi connectivity index (χ0v) is 9.99. The minimum Gasteiger partial charge on any atom is -0.480 e. The molecule has 0 unspecified atom stereocenters. The number of aliphatic carboxylic acids is 1. The zero-order valence-electron chi connectivity index (χ0n) is 9.17. The Morgan fingerprint density at radius 3 is 2.38 bits per heavy atom. The Labute approximate surface area is 94.8 Å². The van der Waals surface area contributed by atoms with Crippen LogP contribution in [0, 0.1) is 0 Å². The van der Waals surface area contributed by atoms with E-state index in [0.29, 0.717) is 5.56 Å². The second kappa shape index (κ2) is 4.65. The molecule has 0 bridgehead atoms. The third-order valence-electron chi connectivity index (χ3n) is 2.19. The molecule has 1 rings (SSSR count). The molecule has 1 aromatic rings. The lowest BCUT2D eigenvalue weighted by Crippen LogP contribution is -2.17. The van der Waals surface area contributed by atoms with E-state index in [0.717, 1.165) is 0 Å². The average molecular weight is 242 g/mol. The van der Waals surface area contributed by atoms with Crippen molar-refractivity contribution in [2.45, 2.75) is 24.7 Å². The van der Waals surface area contributed by atoms with Crippen molar-refractivity contribution >= 4 is 15.8 Å². The summed E-state index contributed by atoms with van der Waals surface area (Å²) in [4.78, 5) is 10.6. The van der Waals surface area contributed by atoms with E-state index in [2.05, 4.69) is 0 Å². The van der Waals surface area contributed by atoms with Crippen molar-refractivity contribution in [3.8, 4) is 0 Å². The summed E-state index contributed by atoms with van der Waals surface area (Å²) in [5, 5.41) is 8.56. The standard InChI is InChI=1S/C11H14O4S/c1-8(2)9-5-3-4-6-10(9)16(14,15)7-11(12)13/h3-6,8H,7H2,1-2H3,(H,12,13). The quantitative estimate of drug-likeness (QED) is 0.871. The molecule has 1 N–H and O–H groups in total. The molecule has 0 spiro atoms. The molecular formula is C11H14O4S. The van der Waals surface area contributed by atoms with Gasteiger partial charge in [-0.05, 0) is 17.5 Å². The highest BCUT2D eigenvalue weighted by atomic mass is 32.2. The predicted molar refractivity (Wildman–Crippen MR) is 60.2 cm³/mol. The third kappa shape index (κ3) is 2.82. The molecule has 0 aliphatic rings. The monoisotopic (exact) mass is 242 g/mol. The summed E-state index contributed by atoms with van der Waals surface area (Å²) in [6, 6.07) is 6.50. The van der Waals surface area contributed by atoms with Crippen LogP contribution in [0.4, 0.5) is 0 Å². The normalized spacial score (nSPS) is 11.7. The summed E-state index contributed by atoms with van der Waals surface area (Å²) in [6.07, 6.45) is 0. The lowest BCUT2D eigenvalue weighted by atomic mass is 10.0. The maximum atomic E-state index is 11.8. The topological polar surface area (TPSA) is 71.4 Å². The number of sulfone groups is 1. The van der Waals surface area contributed by atoms with E-state index >= 15 is 0 Å². The van der Waals surface area contributed by atoms with E-state index in [-0.39, 0.29) is 10.8 Å². The van der Waals surface area contributed by atoms with Gasteiger partial charge < -0.3 is 5.11 Å². The van der Waals surface area contributed by atoms with Crippen LogP contribution >= 0.6 is 0 Å².